The highest BCUT2D eigenvalue weighted by molar-refractivity contribution is 6.32. The lowest BCUT2D eigenvalue weighted by Crippen LogP contribution is -2.41. The van der Waals surface area contributed by atoms with E-state index in [1.807, 2.05) is 36.4 Å². The van der Waals surface area contributed by atoms with Crippen molar-refractivity contribution in [1.82, 2.24) is 19.9 Å². The van der Waals surface area contributed by atoms with Crippen LogP contribution in [0.2, 0.25) is 20.9 Å². The maximum atomic E-state index is 6.26. The molecule has 0 bridgehead atoms. The molecule has 1 aliphatic rings. The summed E-state index contributed by atoms with van der Waals surface area (Å²) in [6, 6.07) is 24.3. The Kier molecular flexibility index (Phi) is 6.04. The van der Waals surface area contributed by atoms with Crippen molar-refractivity contribution in [3.8, 4) is 0 Å². The summed E-state index contributed by atoms with van der Waals surface area (Å²) in [6.07, 6.45) is 0. The molecule has 5 rings (SSSR count). The lowest BCUT2D eigenvalue weighted by atomic mass is 9.50. The average Bonchev–Trinajstić information content (AvgIpc) is 2.73. The van der Waals surface area contributed by atoms with Crippen LogP contribution >= 0.6 is 46.4 Å². The zero-order chi connectivity index (χ0) is 22.2. The molecule has 0 radical (unpaired) electrons. The van der Waals surface area contributed by atoms with Gasteiger partial charge in [-0.1, -0.05) is 83.9 Å². The Hall–Kier alpha value is -2.24. The lowest BCUT2D eigenvalue weighted by molar-refractivity contribution is 0.220. The van der Waals surface area contributed by atoms with Crippen molar-refractivity contribution < 1.29 is 0 Å². The molecule has 4 nitrogen and oxygen atoms in total. The smallest absolute Gasteiger partial charge is 0.223 e. The summed E-state index contributed by atoms with van der Waals surface area (Å²) < 4.78 is 0. The van der Waals surface area contributed by atoms with Gasteiger partial charge >= 0.3 is 0 Å². The molecule has 8 heteroatoms. The van der Waals surface area contributed by atoms with Crippen molar-refractivity contribution in [3.05, 3.63) is 116 Å². The fourth-order valence-electron chi connectivity index (χ4n) is 4.82. The van der Waals surface area contributed by atoms with Crippen LogP contribution in [0.4, 0.5) is 0 Å². The normalized spacial score (nSPS) is 22.4. The van der Waals surface area contributed by atoms with Crippen LogP contribution in [-0.2, 0) is 0 Å². The number of rotatable bonds is 4. The van der Waals surface area contributed by atoms with Gasteiger partial charge in [-0.25, -0.2) is 19.9 Å². The van der Waals surface area contributed by atoms with E-state index in [0.717, 1.165) is 11.4 Å². The minimum absolute atomic E-state index is 0.0670. The maximum absolute atomic E-state index is 6.26. The zero-order valence-electron chi connectivity index (χ0n) is 16.5. The number of nitrogens with zero attached hydrogens (tertiary/aromatic N) is 4. The summed E-state index contributed by atoms with van der Waals surface area (Å²) in [5.74, 6) is 0.0848. The molecule has 160 valence electrons. The van der Waals surface area contributed by atoms with Crippen LogP contribution in [0.25, 0.3) is 0 Å². The summed E-state index contributed by atoms with van der Waals surface area (Å²) in [7, 11) is 0. The van der Waals surface area contributed by atoms with E-state index in [2.05, 4.69) is 44.2 Å². The second-order valence-electron chi connectivity index (χ2n) is 7.69. The molecule has 0 aliphatic heterocycles. The Morgan fingerprint density at radius 2 is 0.844 bits per heavy atom. The van der Waals surface area contributed by atoms with Gasteiger partial charge in [0.25, 0.3) is 0 Å². The number of halogens is 4. The average molecular weight is 502 g/mol. The first-order chi connectivity index (χ1) is 15.5. The van der Waals surface area contributed by atoms with Gasteiger partial charge in [-0.05, 0) is 46.5 Å². The van der Waals surface area contributed by atoms with E-state index in [1.54, 1.807) is 12.1 Å². The van der Waals surface area contributed by atoms with Gasteiger partial charge < -0.3 is 0 Å². The molecular weight excluding hydrogens is 486 g/mol. The predicted octanol–water partition coefficient (Wildman–Crippen LogP) is 7.33. The second kappa shape index (κ2) is 8.95. The topological polar surface area (TPSA) is 51.6 Å². The molecule has 4 atom stereocenters. The Bertz CT molecular complexity index is 1110. The molecule has 0 unspecified atom stereocenters. The first kappa shape index (κ1) is 21.6. The van der Waals surface area contributed by atoms with E-state index in [-0.39, 0.29) is 34.2 Å². The molecule has 2 aromatic heterocycles. The third-order valence-electron chi connectivity index (χ3n) is 5.97. The summed E-state index contributed by atoms with van der Waals surface area (Å²) in [5, 5.41) is 0.819. The van der Waals surface area contributed by atoms with Gasteiger partial charge in [-0.15, -0.1) is 0 Å². The van der Waals surface area contributed by atoms with Crippen LogP contribution < -0.4 is 0 Å². The van der Waals surface area contributed by atoms with E-state index in [0.29, 0.717) is 10.3 Å². The molecule has 2 aromatic carbocycles. The molecule has 4 aromatic rings. The minimum atomic E-state index is -0.0670. The van der Waals surface area contributed by atoms with Gasteiger partial charge in [-0.2, -0.15) is 0 Å². The Balaban J connectivity index is 1.72. The van der Waals surface area contributed by atoms with Gasteiger partial charge in [0.05, 0.1) is 11.4 Å². The van der Waals surface area contributed by atoms with Gasteiger partial charge in [0.15, 0.2) is 0 Å². The monoisotopic (exact) mass is 500 g/mol. The highest BCUT2D eigenvalue weighted by Gasteiger charge is 2.54. The van der Waals surface area contributed by atoms with Crippen molar-refractivity contribution >= 4 is 46.4 Å². The fourth-order valence-corrected chi connectivity index (χ4v) is 5.67. The van der Waals surface area contributed by atoms with Crippen molar-refractivity contribution in [1.29, 1.82) is 0 Å². The van der Waals surface area contributed by atoms with E-state index in [9.17, 15) is 0 Å². The first-order valence-corrected chi connectivity index (χ1v) is 11.5. The molecule has 32 heavy (non-hydrogen) atoms. The van der Waals surface area contributed by atoms with E-state index in [4.69, 9.17) is 46.4 Å². The van der Waals surface area contributed by atoms with Gasteiger partial charge in [0.2, 0.25) is 10.6 Å². The zero-order valence-corrected chi connectivity index (χ0v) is 19.6. The van der Waals surface area contributed by atoms with Gasteiger partial charge in [-0.3, -0.25) is 0 Å². The number of hydrogen-bond acceptors (Lipinski definition) is 4. The molecule has 1 saturated carbocycles. The SMILES string of the molecule is Clc1cc([C@H]2[C@H](c3ccccc3)[C@H](c3ccccc3)[C@@H]2c2cc(Cl)nc(Cl)n2)nc(Cl)n1. The van der Waals surface area contributed by atoms with Crippen LogP contribution in [0.5, 0.6) is 0 Å². The molecule has 0 amide bonds. The maximum Gasteiger partial charge on any atom is 0.224 e. The van der Waals surface area contributed by atoms with Gasteiger partial charge in [0, 0.05) is 23.7 Å². The van der Waals surface area contributed by atoms with Crippen LogP contribution in [0, 0.1) is 0 Å². The quantitative estimate of drug-likeness (QED) is 0.217. The summed E-state index contributed by atoms with van der Waals surface area (Å²) in [4.78, 5) is 17.1. The summed E-state index contributed by atoms with van der Waals surface area (Å²) in [5.41, 5.74) is 3.90. The minimum Gasteiger partial charge on any atom is -0.223 e. The predicted molar refractivity (Wildman–Crippen MR) is 128 cm³/mol. The van der Waals surface area contributed by atoms with Crippen LogP contribution in [-0.4, -0.2) is 19.9 Å². The Morgan fingerprint density at radius 1 is 0.469 bits per heavy atom. The third kappa shape index (κ3) is 4.08. The summed E-state index contributed by atoms with van der Waals surface area (Å²) in [6.45, 7) is 0. The Labute approximate surface area is 205 Å². The molecular formula is C24H16Cl4N4. The van der Waals surface area contributed by atoms with Crippen LogP contribution in [0.3, 0.4) is 0 Å². The molecule has 0 saturated heterocycles. The number of aromatic nitrogens is 4. The van der Waals surface area contributed by atoms with Crippen molar-refractivity contribution in [2.45, 2.75) is 23.7 Å². The largest absolute Gasteiger partial charge is 0.224 e. The molecule has 2 heterocycles. The molecule has 1 aliphatic carbocycles. The van der Waals surface area contributed by atoms with Crippen LogP contribution in [0.1, 0.15) is 46.2 Å². The molecule has 0 spiro atoms. The van der Waals surface area contributed by atoms with Gasteiger partial charge in [0.1, 0.15) is 10.3 Å². The lowest BCUT2D eigenvalue weighted by Gasteiger charge is -2.52. The van der Waals surface area contributed by atoms with Crippen LogP contribution in [0.15, 0.2) is 72.8 Å². The fraction of sp³-hybridized carbons (Fsp3) is 0.167. The van der Waals surface area contributed by atoms with E-state index >= 15 is 0 Å². The number of benzene rings is 2. The number of hydrogen-bond donors (Lipinski definition) is 0. The highest BCUT2D eigenvalue weighted by Crippen LogP contribution is 2.66. The van der Waals surface area contributed by atoms with Crippen molar-refractivity contribution in [2.24, 2.45) is 0 Å². The first-order valence-electron chi connectivity index (χ1n) is 10.0. The second-order valence-corrected chi connectivity index (χ2v) is 9.14. The third-order valence-corrected chi connectivity index (χ3v) is 6.70. The summed E-state index contributed by atoms with van der Waals surface area (Å²) >= 11 is 24.9. The standard InChI is InChI=1S/C24H16Cl4N4/c25-17-11-15(29-23(27)31-17)21-19(13-7-3-1-4-8-13)20(14-9-5-2-6-10-14)22(21)16-12-18(26)32-24(28)30-16/h1-12,19-22H/t19-,20+,21-,22-/m0/s1. The Morgan fingerprint density at radius 3 is 1.19 bits per heavy atom. The van der Waals surface area contributed by atoms with Crippen molar-refractivity contribution in [2.75, 3.05) is 0 Å². The highest BCUT2D eigenvalue weighted by atomic mass is 35.5. The molecule has 0 N–H and O–H groups in total. The van der Waals surface area contributed by atoms with E-state index < -0.39 is 0 Å². The molecule has 1 fully saturated rings. The van der Waals surface area contributed by atoms with E-state index in [1.165, 1.54) is 11.1 Å². The van der Waals surface area contributed by atoms with Crippen molar-refractivity contribution in [3.63, 3.8) is 0 Å².